The van der Waals surface area contributed by atoms with E-state index in [1.807, 2.05) is 0 Å². The van der Waals surface area contributed by atoms with Gasteiger partial charge in [0.05, 0.1) is 0 Å². The SMILES string of the molecule is O=C(NCCNC[C@@H]1CCCN2CCCC[C@H]12)c1ccncc1. The minimum atomic E-state index is -0.0228. The second kappa shape index (κ2) is 8.41. The van der Waals surface area contributed by atoms with Crippen molar-refractivity contribution in [1.29, 1.82) is 0 Å². The number of nitrogens with zero attached hydrogens (tertiary/aromatic N) is 2. The fraction of sp³-hybridized carbons (Fsp3) is 0.667. The Morgan fingerprint density at radius 3 is 2.83 bits per heavy atom. The molecule has 2 aliphatic heterocycles. The maximum Gasteiger partial charge on any atom is 0.251 e. The smallest absolute Gasteiger partial charge is 0.251 e. The van der Waals surface area contributed by atoms with Crippen molar-refractivity contribution in [3.8, 4) is 0 Å². The standard InChI is InChI=1S/C18H28N4O/c23-18(15-6-8-19-9-7-15)21-11-10-20-14-16-4-3-13-22-12-2-1-5-17(16)22/h6-9,16-17,20H,1-5,10-14H2,(H,21,23)/t16-,17+/m0/s1. The van der Waals surface area contributed by atoms with Gasteiger partial charge in [-0.15, -0.1) is 0 Å². The normalized spacial score (nSPS) is 24.9. The molecule has 0 aromatic carbocycles. The van der Waals surface area contributed by atoms with E-state index in [1.54, 1.807) is 24.5 Å². The van der Waals surface area contributed by atoms with E-state index in [9.17, 15) is 4.79 Å². The molecule has 0 spiro atoms. The van der Waals surface area contributed by atoms with Crippen LogP contribution >= 0.6 is 0 Å². The molecule has 126 valence electrons. The lowest BCUT2D eigenvalue weighted by molar-refractivity contribution is 0.0595. The Bertz CT molecular complexity index is 491. The van der Waals surface area contributed by atoms with Crippen LogP contribution in [0.25, 0.3) is 0 Å². The number of aromatic nitrogens is 1. The van der Waals surface area contributed by atoms with Crippen molar-refractivity contribution < 1.29 is 4.79 Å². The third kappa shape index (κ3) is 4.52. The molecule has 2 aliphatic rings. The largest absolute Gasteiger partial charge is 0.351 e. The number of carbonyl (C=O) groups is 1. The van der Waals surface area contributed by atoms with Crippen molar-refractivity contribution in [2.75, 3.05) is 32.7 Å². The van der Waals surface area contributed by atoms with Gasteiger partial charge in [0.15, 0.2) is 0 Å². The molecular weight excluding hydrogens is 288 g/mol. The van der Waals surface area contributed by atoms with Crippen LogP contribution in [-0.2, 0) is 0 Å². The lowest BCUT2D eigenvalue weighted by Gasteiger charge is -2.44. The minimum Gasteiger partial charge on any atom is -0.351 e. The molecule has 1 aromatic rings. The third-order valence-corrected chi connectivity index (χ3v) is 5.16. The van der Waals surface area contributed by atoms with Crippen LogP contribution in [0.3, 0.4) is 0 Å². The molecule has 0 bridgehead atoms. The summed E-state index contributed by atoms with van der Waals surface area (Å²) in [7, 11) is 0. The van der Waals surface area contributed by atoms with Gasteiger partial charge in [0.25, 0.3) is 5.91 Å². The van der Waals surface area contributed by atoms with Gasteiger partial charge in [-0.1, -0.05) is 6.42 Å². The lowest BCUT2D eigenvalue weighted by Crippen LogP contribution is -2.50. The van der Waals surface area contributed by atoms with E-state index in [2.05, 4.69) is 20.5 Å². The van der Waals surface area contributed by atoms with Gasteiger partial charge in [-0.3, -0.25) is 9.78 Å². The van der Waals surface area contributed by atoms with E-state index in [-0.39, 0.29) is 5.91 Å². The Kier molecular flexibility index (Phi) is 6.00. The van der Waals surface area contributed by atoms with Crippen LogP contribution in [0, 0.1) is 5.92 Å². The van der Waals surface area contributed by atoms with Crippen molar-refractivity contribution in [3.63, 3.8) is 0 Å². The highest BCUT2D eigenvalue weighted by atomic mass is 16.1. The monoisotopic (exact) mass is 316 g/mol. The summed E-state index contributed by atoms with van der Waals surface area (Å²) in [6.45, 7) is 5.17. The second-order valence-electron chi connectivity index (χ2n) is 6.70. The first kappa shape index (κ1) is 16.4. The molecule has 0 saturated carbocycles. The van der Waals surface area contributed by atoms with Crippen LogP contribution < -0.4 is 10.6 Å². The number of carbonyl (C=O) groups excluding carboxylic acids is 1. The van der Waals surface area contributed by atoms with E-state index < -0.39 is 0 Å². The highest BCUT2D eigenvalue weighted by Crippen LogP contribution is 2.30. The molecule has 3 heterocycles. The molecule has 2 atom stereocenters. The van der Waals surface area contributed by atoms with Gasteiger partial charge < -0.3 is 15.5 Å². The average Bonchev–Trinajstić information content (AvgIpc) is 2.62. The van der Waals surface area contributed by atoms with Gasteiger partial charge in [0.1, 0.15) is 0 Å². The molecule has 2 saturated heterocycles. The Labute approximate surface area is 138 Å². The molecule has 0 aliphatic carbocycles. The Morgan fingerprint density at radius 2 is 1.96 bits per heavy atom. The number of fused-ring (bicyclic) bond motifs is 1. The van der Waals surface area contributed by atoms with Gasteiger partial charge in [-0.05, 0) is 63.4 Å². The molecule has 2 fully saturated rings. The Hall–Kier alpha value is -1.46. The number of rotatable bonds is 6. The zero-order chi connectivity index (χ0) is 15.9. The van der Waals surface area contributed by atoms with Crippen LogP contribution in [-0.4, -0.2) is 54.6 Å². The number of pyridine rings is 1. The van der Waals surface area contributed by atoms with Crippen molar-refractivity contribution in [3.05, 3.63) is 30.1 Å². The molecule has 5 nitrogen and oxygen atoms in total. The summed E-state index contributed by atoms with van der Waals surface area (Å²) in [6, 6.07) is 4.27. The zero-order valence-corrected chi connectivity index (χ0v) is 13.8. The number of amides is 1. The Morgan fingerprint density at radius 1 is 1.13 bits per heavy atom. The fourth-order valence-electron chi connectivity index (χ4n) is 3.97. The summed E-state index contributed by atoms with van der Waals surface area (Å²) in [5.74, 6) is 0.755. The summed E-state index contributed by atoms with van der Waals surface area (Å²) < 4.78 is 0. The molecule has 1 amide bonds. The van der Waals surface area contributed by atoms with Gasteiger partial charge in [-0.2, -0.15) is 0 Å². The highest BCUT2D eigenvalue weighted by Gasteiger charge is 2.32. The quantitative estimate of drug-likeness (QED) is 0.784. The van der Waals surface area contributed by atoms with E-state index in [0.717, 1.165) is 25.0 Å². The van der Waals surface area contributed by atoms with E-state index in [1.165, 1.54) is 45.2 Å². The van der Waals surface area contributed by atoms with E-state index >= 15 is 0 Å². The Balaban J connectivity index is 1.34. The number of nitrogens with one attached hydrogen (secondary N) is 2. The van der Waals surface area contributed by atoms with E-state index in [0.29, 0.717) is 12.1 Å². The third-order valence-electron chi connectivity index (χ3n) is 5.16. The molecule has 2 N–H and O–H groups in total. The fourth-order valence-corrected chi connectivity index (χ4v) is 3.97. The van der Waals surface area contributed by atoms with Gasteiger partial charge in [0.2, 0.25) is 0 Å². The van der Waals surface area contributed by atoms with Gasteiger partial charge in [-0.25, -0.2) is 0 Å². The topological polar surface area (TPSA) is 57.3 Å². The zero-order valence-electron chi connectivity index (χ0n) is 13.8. The summed E-state index contributed by atoms with van der Waals surface area (Å²) in [5, 5.41) is 6.49. The van der Waals surface area contributed by atoms with E-state index in [4.69, 9.17) is 0 Å². The van der Waals surface area contributed by atoms with Crippen LogP contribution in [0.15, 0.2) is 24.5 Å². The van der Waals surface area contributed by atoms with Gasteiger partial charge >= 0.3 is 0 Å². The predicted molar refractivity (Wildman–Crippen MR) is 91.4 cm³/mol. The van der Waals surface area contributed by atoms with Crippen molar-refractivity contribution in [2.45, 2.75) is 38.1 Å². The van der Waals surface area contributed by atoms with Crippen LogP contribution in [0.5, 0.6) is 0 Å². The van der Waals surface area contributed by atoms with Crippen molar-refractivity contribution in [2.24, 2.45) is 5.92 Å². The summed E-state index contributed by atoms with van der Waals surface area (Å²) in [6.07, 6.45) is 10.1. The molecule has 5 heteroatoms. The number of piperidine rings is 2. The first-order valence-electron chi connectivity index (χ1n) is 8.97. The van der Waals surface area contributed by atoms with Crippen LogP contribution in [0.2, 0.25) is 0 Å². The van der Waals surface area contributed by atoms with Crippen molar-refractivity contribution >= 4 is 5.91 Å². The maximum atomic E-state index is 11.9. The molecule has 3 rings (SSSR count). The van der Waals surface area contributed by atoms with Crippen LogP contribution in [0.1, 0.15) is 42.5 Å². The first-order valence-corrected chi connectivity index (χ1v) is 8.97. The lowest BCUT2D eigenvalue weighted by atomic mass is 9.83. The summed E-state index contributed by atoms with van der Waals surface area (Å²) in [5.41, 5.74) is 0.671. The number of hydrogen-bond acceptors (Lipinski definition) is 4. The van der Waals surface area contributed by atoms with Gasteiger partial charge in [0, 0.05) is 37.1 Å². The minimum absolute atomic E-state index is 0.0228. The summed E-state index contributed by atoms with van der Waals surface area (Å²) in [4.78, 5) is 18.5. The van der Waals surface area contributed by atoms with Crippen LogP contribution in [0.4, 0.5) is 0 Å². The molecule has 23 heavy (non-hydrogen) atoms. The number of hydrogen-bond donors (Lipinski definition) is 2. The van der Waals surface area contributed by atoms with Crippen molar-refractivity contribution in [1.82, 2.24) is 20.5 Å². The average molecular weight is 316 g/mol. The summed E-state index contributed by atoms with van der Waals surface area (Å²) >= 11 is 0. The molecule has 0 radical (unpaired) electrons. The molecule has 1 aromatic heterocycles. The first-order chi connectivity index (χ1) is 11.3. The molecular formula is C18H28N4O. The highest BCUT2D eigenvalue weighted by molar-refractivity contribution is 5.93. The maximum absolute atomic E-state index is 11.9. The molecule has 0 unspecified atom stereocenters. The predicted octanol–water partition coefficient (Wildman–Crippen LogP) is 1.67. The second-order valence-corrected chi connectivity index (χ2v) is 6.70.